The topological polar surface area (TPSA) is 49.6 Å². The van der Waals surface area contributed by atoms with Crippen LogP contribution in [0.25, 0.3) is 0 Å². The van der Waals surface area contributed by atoms with E-state index in [1.807, 2.05) is 4.90 Å². The Bertz CT molecular complexity index is 452. The van der Waals surface area contributed by atoms with E-state index in [-0.39, 0.29) is 17.8 Å². The van der Waals surface area contributed by atoms with Gasteiger partial charge in [-0.1, -0.05) is 12.1 Å². The van der Waals surface area contributed by atoms with Crippen molar-refractivity contribution in [2.24, 2.45) is 5.73 Å². The fourth-order valence-electron chi connectivity index (χ4n) is 2.48. The third kappa shape index (κ3) is 2.87. The maximum Gasteiger partial charge on any atom is 0.245 e. The van der Waals surface area contributed by atoms with Crippen LogP contribution < -0.4 is 10.6 Å². The summed E-state index contributed by atoms with van der Waals surface area (Å²) >= 11 is 0. The summed E-state index contributed by atoms with van der Waals surface area (Å²) < 4.78 is 13.9. The quantitative estimate of drug-likeness (QED) is 0.870. The second kappa shape index (κ2) is 6.02. The fourth-order valence-corrected chi connectivity index (χ4v) is 2.48. The lowest BCUT2D eigenvalue weighted by molar-refractivity contribution is -0.127. The predicted molar refractivity (Wildman–Crippen MR) is 73.5 cm³/mol. The molecule has 2 N–H and O–H groups in total. The average molecular weight is 265 g/mol. The molecule has 104 valence electrons. The van der Waals surface area contributed by atoms with E-state index in [0.29, 0.717) is 18.8 Å². The van der Waals surface area contributed by atoms with Gasteiger partial charge >= 0.3 is 0 Å². The molecule has 0 saturated carbocycles. The zero-order valence-electron chi connectivity index (χ0n) is 11.2. The molecule has 5 heteroatoms. The van der Waals surface area contributed by atoms with Gasteiger partial charge < -0.3 is 15.5 Å². The Morgan fingerprint density at radius 2 is 2.21 bits per heavy atom. The summed E-state index contributed by atoms with van der Waals surface area (Å²) in [6.45, 7) is 1.85. The first kappa shape index (κ1) is 13.8. The Morgan fingerprint density at radius 1 is 1.47 bits per heavy atom. The van der Waals surface area contributed by atoms with Gasteiger partial charge in [0.05, 0.1) is 5.69 Å². The van der Waals surface area contributed by atoms with Gasteiger partial charge in [-0.15, -0.1) is 0 Å². The number of hydrogen-bond acceptors (Lipinski definition) is 3. The zero-order chi connectivity index (χ0) is 13.8. The Kier molecular flexibility index (Phi) is 4.37. The largest absolute Gasteiger partial charge is 0.357 e. The molecule has 1 unspecified atom stereocenters. The molecule has 1 heterocycles. The second-order valence-corrected chi connectivity index (χ2v) is 4.85. The van der Waals surface area contributed by atoms with Crippen molar-refractivity contribution in [3.63, 3.8) is 0 Å². The van der Waals surface area contributed by atoms with E-state index in [9.17, 15) is 9.18 Å². The first-order chi connectivity index (χ1) is 9.15. The second-order valence-electron chi connectivity index (χ2n) is 4.85. The summed E-state index contributed by atoms with van der Waals surface area (Å²) in [5, 5.41) is 0. The average Bonchev–Trinajstić information content (AvgIpc) is 2.73. The number of rotatable bonds is 5. The molecule has 0 radical (unpaired) electrons. The summed E-state index contributed by atoms with van der Waals surface area (Å²) in [6.07, 6.45) is 1.47. The number of likely N-dealkylation sites (N-methyl/N-ethyl adjacent to an activating group) is 1. The Morgan fingerprint density at radius 3 is 2.79 bits per heavy atom. The van der Waals surface area contributed by atoms with Crippen molar-refractivity contribution in [1.82, 2.24) is 4.90 Å². The molecule has 0 aromatic heterocycles. The summed E-state index contributed by atoms with van der Waals surface area (Å²) in [5.74, 6) is -0.234. The maximum absolute atomic E-state index is 13.9. The van der Waals surface area contributed by atoms with E-state index in [4.69, 9.17) is 5.73 Å². The van der Waals surface area contributed by atoms with Crippen LogP contribution in [0.15, 0.2) is 24.3 Å². The van der Waals surface area contributed by atoms with Crippen molar-refractivity contribution in [1.29, 1.82) is 0 Å². The molecular formula is C14H20FN3O. The fraction of sp³-hybridized carbons (Fsp3) is 0.500. The van der Waals surface area contributed by atoms with Gasteiger partial charge in [-0.25, -0.2) is 4.39 Å². The van der Waals surface area contributed by atoms with E-state index < -0.39 is 0 Å². The Labute approximate surface area is 113 Å². The number of para-hydroxylation sites is 1. The highest BCUT2D eigenvalue weighted by molar-refractivity contribution is 5.87. The number of nitrogens with two attached hydrogens (primary N) is 1. The molecule has 0 bridgehead atoms. The number of amides is 1. The lowest BCUT2D eigenvalue weighted by Gasteiger charge is -2.30. The minimum atomic E-state index is -0.290. The molecule has 1 amide bonds. The van der Waals surface area contributed by atoms with Crippen molar-refractivity contribution < 1.29 is 9.18 Å². The summed E-state index contributed by atoms with van der Waals surface area (Å²) in [4.78, 5) is 15.7. The number of nitrogens with zero attached hydrogens (tertiary/aromatic N) is 2. The number of hydrogen-bond donors (Lipinski definition) is 1. The van der Waals surface area contributed by atoms with E-state index in [0.717, 1.165) is 19.4 Å². The third-order valence-electron chi connectivity index (χ3n) is 3.54. The van der Waals surface area contributed by atoms with Crippen LogP contribution in [0.1, 0.15) is 12.8 Å². The van der Waals surface area contributed by atoms with Crippen LogP contribution in [0.2, 0.25) is 0 Å². The van der Waals surface area contributed by atoms with Crippen LogP contribution in [0, 0.1) is 5.82 Å². The van der Waals surface area contributed by atoms with Crippen LogP contribution >= 0.6 is 0 Å². The normalized spacial score (nSPS) is 19.0. The molecule has 1 aliphatic heterocycles. The van der Waals surface area contributed by atoms with E-state index in [1.54, 1.807) is 30.1 Å². The molecule has 4 nitrogen and oxygen atoms in total. The van der Waals surface area contributed by atoms with Crippen molar-refractivity contribution in [3.05, 3.63) is 30.1 Å². The number of carbonyl (C=O) groups excluding carboxylic acids is 1. The van der Waals surface area contributed by atoms with Crippen molar-refractivity contribution in [2.45, 2.75) is 18.9 Å². The third-order valence-corrected chi connectivity index (χ3v) is 3.54. The molecular weight excluding hydrogens is 245 g/mol. The van der Waals surface area contributed by atoms with Gasteiger partial charge in [-0.3, -0.25) is 4.79 Å². The van der Waals surface area contributed by atoms with Crippen molar-refractivity contribution >= 4 is 11.6 Å². The molecule has 0 aliphatic carbocycles. The van der Waals surface area contributed by atoms with E-state index in [2.05, 4.69) is 0 Å². The lowest BCUT2D eigenvalue weighted by Crippen LogP contribution is -2.42. The SMILES string of the molecule is CN1CCC(N(CCCN)c2ccccc2F)C1=O. The molecule has 1 saturated heterocycles. The van der Waals surface area contributed by atoms with Gasteiger partial charge in [0.15, 0.2) is 0 Å². The van der Waals surface area contributed by atoms with Crippen LogP contribution in [-0.2, 0) is 4.79 Å². The van der Waals surface area contributed by atoms with Gasteiger partial charge in [0, 0.05) is 20.1 Å². The van der Waals surface area contributed by atoms with Gasteiger partial charge in [0.2, 0.25) is 5.91 Å². The molecule has 1 aromatic carbocycles. The van der Waals surface area contributed by atoms with Crippen LogP contribution in [-0.4, -0.2) is 43.5 Å². The van der Waals surface area contributed by atoms with Crippen molar-refractivity contribution in [2.75, 3.05) is 31.6 Å². The molecule has 1 aliphatic rings. The minimum Gasteiger partial charge on any atom is -0.357 e. The van der Waals surface area contributed by atoms with Crippen LogP contribution in [0.4, 0.5) is 10.1 Å². The van der Waals surface area contributed by atoms with Gasteiger partial charge in [-0.05, 0) is 31.5 Å². The van der Waals surface area contributed by atoms with Crippen LogP contribution in [0.5, 0.6) is 0 Å². The van der Waals surface area contributed by atoms with Gasteiger partial charge in [0.25, 0.3) is 0 Å². The Balaban J connectivity index is 2.26. The molecule has 1 aromatic rings. The van der Waals surface area contributed by atoms with Crippen molar-refractivity contribution in [3.8, 4) is 0 Å². The summed E-state index contributed by atoms with van der Waals surface area (Å²) in [6, 6.07) is 6.32. The lowest BCUT2D eigenvalue weighted by atomic mass is 10.1. The van der Waals surface area contributed by atoms with Crippen LogP contribution in [0.3, 0.4) is 0 Å². The zero-order valence-corrected chi connectivity index (χ0v) is 11.2. The maximum atomic E-state index is 13.9. The highest BCUT2D eigenvalue weighted by Gasteiger charge is 2.34. The molecule has 1 fully saturated rings. The molecule has 19 heavy (non-hydrogen) atoms. The molecule has 0 spiro atoms. The predicted octanol–water partition coefficient (Wildman–Crippen LogP) is 1.21. The Hall–Kier alpha value is -1.62. The van der Waals surface area contributed by atoms with E-state index in [1.165, 1.54) is 6.07 Å². The van der Waals surface area contributed by atoms with Gasteiger partial charge in [-0.2, -0.15) is 0 Å². The first-order valence-corrected chi connectivity index (χ1v) is 6.61. The highest BCUT2D eigenvalue weighted by Crippen LogP contribution is 2.26. The number of carbonyl (C=O) groups is 1. The number of halogens is 1. The molecule has 2 rings (SSSR count). The monoisotopic (exact) mass is 265 g/mol. The summed E-state index contributed by atoms with van der Waals surface area (Å²) in [7, 11) is 1.78. The highest BCUT2D eigenvalue weighted by atomic mass is 19.1. The number of likely N-dealkylation sites (tertiary alicyclic amines) is 1. The molecule has 1 atom stereocenters. The minimum absolute atomic E-state index is 0.0558. The number of benzene rings is 1. The van der Waals surface area contributed by atoms with E-state index >= 15 is 0 Å². The van der Waals surface area contributed by atoms with Gasteiger partial charge in [0.1, 0.15) is 11.9 Å². The first-order valence-electron chi connectivity index (χ1n) is 6.61. The summed E-state index contributed by atoms with van der Waals surface area (Å²) in [5.41, 5.74) is 6.03. The smallest absolute Gasteiger partial charge is 0.245 e. The number of anilines is 1. The standard InChI is InChI=1S/C14H20FN3O/c1-17-10-7-13(14(17)19)18(9-4-8-16)12-6-3-2-5-11(12)15/h2-3,5-6,13H,4,7-10,16H2,1H3.